The van der Waals surface area contributed by atoms with Gasteiger partial charge in [0.1, 0.15) is 12.4 Å². The lowest BCUT2D eigenvalue weighted by atomic mass is 10.2. The summed E-state index contributed by atoms with van der Waals surface area (Å²) < 4.78 is 10.6. The molecule has 2 nitrogen and oxygen atoms in total. The first-order valence-corrected chi connectivity index (χ1v) is 6.02. The van der Waals surface area contributed by atoms with Gasteiger partial charge in [-0.3, -0.25) is 0 Å². The lowest BCUT2D eigenvalue weighted by Gasteiger charge is -2.07. The highest BCUT2D eigenvalue weighted by atomic mass is 79.9. The quantitative estimate of drug-likeness (QED) is 0.826. The zero-order chi connectivity index (χ0) is 11.9. The molecule has 0 spiro atoms. The van der Waals surface area contributed by atoms with E-state index in [0.29, 0.717) is 13.2 Å². The van der Waals surface area contributed by atoms with Crippen LogP contribution in [0.1, 0.15) is 11.1 Å². The molecular formula is C14H13BrO2. The van der Waals surface area contributed by atoms with E-state index >= 15 is 0 Å². The fraction of sp³-hybridized carbons (Fsp3) is 0.143. The molecule has 0 atom stereocenters. The van der Waals surface area contributed by atoms with Gasteiger partial charge in [0, 0.05) is 0 Å². The van der Waals surface area contributed by atoms with Crippen LogP contribution in [-0.2, 0) is 17.0 Å². The van der Waals surface area contributed by atoms with E-state index in [1.165, 1.54) is 0 Å². The minimum absolute atomic E-state index is 0.530. The van der Waals surface area contributed by atoms with E-state index in [-0.39, 0.29) is 0 Å². The summed E-state index contributed by atoms with van der Waals surface area (Å²) in [6.07, 6.45) is 0. The lowest BCUT2D eigenvalue weighted by Crippen LogP contribution is -1.95. The first kappa shape index (κ1) is 12.1. The van der Waals surface area contributed by atoms with Crippen molar-refractivity contribution >= 4 is 16.3 Å². The topological polar surface area (TPSA) is 18.5 Å². The van der Waals surface area contributed by atoms with Crippen molar-refractivity contribution in [1.29, 1.82) is 0 Å². The molecule has 0 aliphatic heterocycles. The number of ether oxygens (including phenoxy) is 1. The summed E-state index contributed by atoms with van der Waals surface area (Å²) in [5.74, 6) is 0.857. The Kier molecular flexibility index (Phi) is 4.59. The van der Waals surface area contributed by atoms with Crippen molar-refractivity contribution in [3.63, 3.8) is 0 Å². The molecule has 2 aromatic rings. The predicted octanol–water partition coefficient (Wildman–Crippen LogP) is 4.09. The van der Waals surface area contributed by atoms with E-state index in [0.717, 1.165) is 16.9 Å². The van der Waals surface area contributed by atoms with Gasteiger partial charge in [0.15, 0.2) is 0 Å². The first-order valence-electron chi connectivity index (χ1n) is 5.37. The number of hydrogen-bond acceptors (Lipinski definition) is 2. The number of benzene rings is 2. The SMILES string of the molecule is BrOCc1cccc(OCc2ccccc2)c1. The maximum absolute atomic E-state index is 5.71. The van der Waals surface area contributed by atoms with Crippen LogP contribution in [-0.4, -0.2) is 0 Å². The highest BCUT2D eigenvalue weighted by Crippen LogP contribution is 2.16. The van der Waals surface area contributed by atoms with Gasteiger partial charge in [-0.2, -0.15) is 0 Å². The second-order valence-corrected chi connectivity index (χ2v) is 4.13. The Hall–Kier alpha value is -1.32. The third-order valence-corrected chi connectivity index (χ3v) is 2.60. The van der Waals surface area contributed by atoms with E-state index in [4.69, 9.17) is 8.57 Å². The van der Waals surface area contributed by atoms with Gasteiger partial charge in [0.2, 0.25) is 0 Å². The number of halogens is 1. The van der Waals surface area contributed by atoms with Crippen LogP contribution in [0.4, 0.5) is 0 Å². The highest BCUT2D eigenvalue weighted by Gasteiger charge is 1.98. The van der Waals surface area contributed by atoms with Crippen LogP contribution in [0.25, 0.3) is 0 Å². The van der Waals surface area contributed by atoms with Crippen molar-refractivity contribution in [3.8, 4) is 5.75 Å². The van der Waals surface area contributed by atoms with Gasteiger partial charge in [-0.25, -0.2) is 0 Å². The fourth-order valence-electron chi connectivity index (χ4n) is 1.53. The van der Waals surface area contributed by atoms with Gasteiger partial charge in [-0.1, -0.05) is 42.5 Å². The van der Waals surface area contributed by atoms with E-state index in [2.05, 4.69) is 16.3 Å². The van der Waals surface area contributed by atoms with Gasteiger partial charge >= 0.3 is 0 Å². The summed E-state index contributed by atoms with van der Waals surface area (Å²) >= 11 is 2.95. The normalized spacial score (nSPS) is 10.2. The molecule has 0 unspecified atom stereocenters. The van der Waals surface area contributed by atoms with Crippen molar-refractivity contribution in [3.05, 3.63) is 65.7 Å². The van der Waals surface area contributed by atoms with Crippen LogP contribution in [0.5, 0.6) is 5.75 Å². The molecule has 2 aromatic carbocycles. The molecule has 0 saturated carbocycles. The van der Waals surface area contributed by atoms with Crippen LogP contribution in [0.2, 0.25) is 0 Å². The van der Waals surface area contributed by atoms with Crippen LogP contribution in [0.15, 0.2) is 54.6 Å². The molecule has 0 aliphatic rings. The second-order valence-electron chi connectivity index (χ2n) is 3.68. The average molecular weight is 293 g/mol. The van der Waals surface area contributed by atoms with Crippen molar-refractivity contribution in [2.24, 2.45) is 0 Å². The zero-order valence-corrected chi connectivity index (χ0v) is 10.9. The summed E-state index contributed by atoms with van der Waals surface area (Å²) in [5, 5.41) is 0. The summed E-state index contributed by atoms with van der Waals surface area (Å²) in [5.41, 5.74) is 2.24. The Morgan fingerprint density at radius 3 is 2.35 bits per heavy atom. The van der Waals surface area contributed by atoms with Crippen LogP contribution < -0.4 is 4.74 Å². The Balaban J connectivity index is 1.97. The number of hydrogen-bond donors (Lipinski definition) is 0. The molecular weight excluding hydrogens is 280 g/mol. The van der Waals surface area contributed by atoms with Gasteiger partial charge in [0.05, 0.1) is 22.9 Å². The minimum atomic E-state index is 0.530. The van der Waals surface area contributed by atoms with E-state index in [1.54, 1.807) is 0 Å². The number of rotatable bonds is 5. The molecule has 88 valence electrons. The van der Waals surface area contributed by atoms with Crippen LogP contribution in [0, 0.1) is 0 Å². The molecule has 0 aromatic heterocycles. The molecule has 2 rings (SSSR count). The fourth-order valence-corrected chi connectivity index (χ4v) is 1.79. The molecule has 17 heavy (non-hydrogen) atoms. The maximum Gasteiger partial charge on any atom is 0.120 e. The molecule has 0 amide bonds. The summed E-state index contributed by atoms with van der Waals surface area (Å²) in [6.45, 7) is 1.11. The standard InChI is InChI=1S/C14H13BrO2/c15-17-11-13-7-4-8-14(9-13)16-10-12-5-2-1-3-6-12/h1-9H,10-11H2. The van der Waals surface area contributed by atoms with Gasteiger partial charge in [-0.05, 0) is 23.3 Å². The maximum atomic E-state index is 5.71. The van der Waals surface area contributed by atoms with Crippen LogP contribution in [0.3, 0.4) is 0 Å². The van der Waals surface area contributed by atoms with Gasteiger partial charge < -0.3 is 8.57 Å². The highest BCUT2D eigenvalue weighted by molar-refractivity contribution is 9.06. The van der Waals surface area contributed by atoms with Gasteiger partial charge in [-0.15, -0.1) is 0 Å². The Bertz CT molecular complexity index is 457. The average Bonchev–Trinajstić information content (AvgIpc) is 2.39. The Labute approximate surface area is 110 Å². The molecule has 0 fully saturated rings. The lowest BCUT2D eigenvalue weighted by molar-refractivity contribution is 0.304. The van der Waals surface area contributed by atoms with Crippen molar-refractivity contribution in [2.75, 3.05) is 0 Å². The zero-order valence-electron chi connectivity index (χ0n) is 9.30. The van der Waals surface area contributed by atoms with E-state index in [1.807, 2.05) is 54.6 Å². The molecule has 0 bridgehead atoms. The molecule has 0 N–H and O–H groups in total. The first-order chi connectivity index (χ1) is 8.38. The monoisotopic (exact) mass is 292 g/mol. The molecule has 0 aliphatic carbocycles. The summed E-state index contributed by atoms with van der Waals surface area (Å²) in [4.78, 5) is 0. The third-order valence-electron chi connectivity index (χ3n) is 2.37. The summed E-state index contributed by atoms with van der Waals surface area (Å²) in [7, 11) is 0. The molecule has 3 heteroatoms. The Morgan fingerprint density at radius 1 is 0.824 bits per heavy atom. The minimum Gasteiger partial charge on any atom is -0.489 e. The van der Waals surface area contributed by atoms with Crippen molar-refractivity contribution < 1.29 is 8.57 Å². The van der Waals surface area contributed by atoms with E-state index in [9.17, 15) is 0 Å². The predicted molar refractivity (Wildman–Crippen MR) is 70.9 cm³/mol. The molecule has 0 saturated heterocycles. The molecule has 0 radical (unpaired) electrons. The van der Waals surface area contributed by atoms with Crippen molar-refractivity contribution in [2.45, 2.75) is 13.2 Å². The van der Waals surface area contributed by atoms with E-state index < -0.39 is 0 Å². The largest absolute Gasteiger partial charge is 0.489 e. The van der Waals surface area contributed by atoms with Crippen LogP contribution >= 0.6 is 16.3 Å². The summed E-state index contributed by atoms with van der Waals surface area (Å²) in [6, 6.07) is 18.0. The third kappa shape index (κ3) is 3.88. The second kappa shape index (κ2) is 6.42. The van der Waals surface area contributed by atoms with Gasteiger partial charge in [0.25, 0.3) is 0 Å². The van der Waals surface area contributed by atoms with Crippen molar-refractivity contribution in [1.82, 2.24) is 0 Å². The molecule has 0 heterocycles. The smallest absolute Gasteiger partial charge is 0.120 e. The Morgan fingerprint density at radius 2 is 1.59 bits per heavy atom.